The van der Waals surface area contributed by atoms with Crippen molar-refractivity contribution in [2.24, 2.45) is 0 Å². The number of allylic oxidation sites excluding steroid dienone is 6. The molecular formula is C17H19N3. The molecule has 0 amide bonds. The van der Waals surface area contributed by atoms with Crippen LogP contribution in [0.1, 0.15) is 19.7 Å². The summed E-state index contributed by atoms with van der Waals surface area (Å²) < 4.78 is 2.06. The average molecular weight is 265 g/mol. The second-order valence-corrected chi connectivity index (χ2v) is 4.49. The largest absolute Gasteiger partial charge is 0.283 e. The van der Waals surface area contributed by atoms with Gasteiger partial charge in [-0.2, -0.15) is 0 Å². The molecule has 0 bridgehead atoms. The molecule has 0 atom stereocenters. The summed E-state index contributed by atoms with van der Waals surface area (Å²) in [5.74, 6) is 1.76. The Bertz CT molecular complexity index is 646. The second kappa shape index (κ2) is 6.66. The number of benzene rings is 1. The zero-order valence-corrected chi connectivity index (χ0v) is 12.1. The van der Waals surface area contributed by atoms with E-state index in [9.17, 15) is 0 Å². The average Bonchev–Trinajstić information content (AvgIpc) is 2.86. The fraction of sp³-hybridized carbons (Fsp3) is 0.176. The Hall–Kier alpha value is -2.42. The van der Waals surface area contributed by atoms with E-state index in [2.05, 4.69) is 27.8 Å². The van der Waals surface area contributed by atoms with E-state index in [0.29, 0.717) is 0 Å². The number of nitrogens with zero attached hydrogens (tertiary/aromatic N) is 3. The van der Waals surface area contributed by atoms with Gasteiger partial charge in [0.05, 0.1) is 0 Å². The quantitative estimate of drug-likeness (QED) is 0.774. The van der Waals surface area contributed by atoms with Gasteiger partial charge in [0.25, 0.3) is 0 Å². The first-order valence-electron chi connectivity index (χ1n) is 6.68. The summed E-state index contributed by atoms with van der Waals surface area (Å²) in [5.41, 5.74) is 2.16. The zero-order chi connectivity index (χ0) is 14.4. The molecule has 0 aliphatic rings. The monoisotopic (exact) mass is 265 g/mol. The molecule has 0 unspecified atom stereocenters. The first-order chi connectivity index (χ1) is 9.74. The van der Waals surface area contributed by atoms with Crippen molar-refractivity contribution in [2.75, 3.05) is 0 Å². The molecule has 0 saturated heterocycles. The highest BCUT2D eigenvalue weighted by Gasteiger charge is 2.11. The summed E-state index contributed by atoms with van der Waals surface area (Å²) in [7, 11) is 0. The van der Waals surface area contributed by atoms with Crippen LogP contribution in [0.25, 0.3) is 17.1 Å². The Labute approximate surface area is 120 Å². The van der Waals surface area contributed by atoms with Gasteiger partial charge in [0.15, 0.2) is 5.82 Å². The van der Waals surface area contributed by atoms with Crippen LogP contribution in [0.5, 0.6) is 0 Å². The molecule has 0 saturated carbocycles. The van der Waals surface area contributed by atoms with Gasteiger partial charge < -0.3 is 0 Å². The van der Waals surface area contributed by atoms with Crippen molar-refractivity contribution in [3.05, 3.63) is 66.5 Å². The first-order valence-corrected chi connectivity index (χ1v) is 6.68. The molecule has 1 heterocycles. The minimum atomic E-state index is 0.872. The van der Waals surface area contributed by atoms with Gasteiger partial charge in [0.1, 0.15) is 5.82 Å². The van der Waals surface area contributed by atoms with Crippen LogP contribution in [0.2, 0.25) is 0 Å². The summed E-state index contributed by atoms with van der Waals surface area (Å²) in [4.78, 5) is 0. The van der Waals surface area contributed by atoms with Gasteiger partial charge in [-0.25, -0.2) is 0 Å². The molecule has 2 aromatic rings. The van der Waals surface area contributed by atoms with E-state index in [-0.39, 0.29) is 0 Å². The predicted molar refractivity (Wildman–Crippen MR) is 84.1 cm³/mol. The summed E-state index contributed by atoms with van der Waals surface area (Å²) >= 11 is 0. The van der Waals surface area contributed by atoms with E-state index in [1.807, 2.05) is 68.5 Å². The lowest BCUT2D eigenvalue weighted by Gasteiger charge is -2.08. The van der Waals surface area contributed by atoms with Crippen LogP contribution in [-0.2, 0) is 0 Å². The van der Waals surface area contributed by atoms with Gasteiger partial charge in [-0.3, -0.25) is 4.57 Å². The maximum absolute atomic E-state index is 4.29. The van der Waals surface area contributed by atoms with Gasteiger partial charge >= 0.3 is 0 Å². The van der Waals surface area contributed by atoms with Crippen LogP contribution >= 0.6 is 0 Å². The fourth-order valence-corrected chi connectivity index (χ4v) is 2.00. The van der Waals surface area contributed by atoms with E-state index >= 15 is 0 Å². The van der Waals surface area contributed by atoms with Crippen molar-refractivity contribution in [2.45, 2.75) is 20.8 Å². The molecule has 0 spiro atoms. The number of aryl methyl sites for hydroxylation is 1. The molecule has 3 heteroatoms. The Morgan fingerprint density at radius 3 is 2.50 bits per heavy atom. The van der Waals surface area contributed by atoms with E-state index in [0.717, 1.165) is 22.9 Å². The third kappa shape index (κ3) is 3.12. The van der Waals surface area contributed by atoms with Crippen LogP contribution in [-0.4, -0.2) is 14.8 Å². The van der Waals surface area contributed by atoms with Crippen LogP contribution in [0.3, 0.4) is 0 Å². The summed E-state index contributed by atoms with van der Waals surface area (Å²) in [5, 5.41) is 8.48. The molecule has 0 aliphatic heterocycles. The molecule has 0 N–H and O–H groups in total. The minimum absolute atomic E-state index is 0.872. The second-order valence-electron chi connectivity index (χ2n) is 4.49. The van der Waals surface area contributed by atoms with Crippen molar-refractivity contribution >= 4 is 5.70 Å². The Balaban J connectivity index is 2.40. The van der Waals surface area contributed by atoms with Crippen molar-refractivity contribution in [1.82, 2.24) is 14.8 Å². The number of hydrogen-bond acceptors (Lipinski definition) is 2. The Kier molecular flexibility index (Phi) is 4.66. The molecule has 102 valence electrons. The highest BCUT2D eigenvalue weighted by atomic mass is 15.3. The number of hydrogen-bond donors (Lipinski definition) is 0. The molecule has 1 aromatic heterocycles. The van der Waals surface area contributed by atoms with E-state index < -0.39 is 0 Å². The maximum atomic E-state index is 4.29. The van der Waals surface area contributed by atoms with Crippen molar-refractivity contribution in [1.29, 1.82) is 0 Å². The molecule has 3 nitrogen and oxygen atoms in total. The Morgan fingerprint density at radius 1 is 1.05 bits per heavy atom. The van der Waals surface area contributed by atoms with Crippen LogP contribution in [0.4, 0.5) is 0 Å². The lowest BCUT2D eigenvalue weighted by molar-refractivity contribution is 0.983. The van der Waals surface area contributed by atoms with Gasteiger partial charge in [-0.15, -0.1) is 10.2 Å². The van der Waals surface area contributed by atoms with Crippen LogP contribution in [0, 0.1) is 6.92 Å². The summed E-state index contributed by atoms with van der Waals surface area (Å²) in [6.45, 7) is 6.02. The molecule has 0 fully saturated rings. The van der Waals surface area contributed by atoms with Crippen molar-refractivity contribution in [3.8, 4) is 11.4 Å². The van der Waals surface area contributed by atoms with Crippen LogP contribution in [0.15, 0.2) is 60.7 Å². The fourth-order valence-electron chi connectivity index (χ4n) is 2.00. The first kappa shape index (κ1) is 14.0. The summed E-state index contributed by atoms with van der Waals surface area (Å²) in [6.07, 6.45) is 10.1. The number of aromatic nitrogens is 3. The zero-order valence-electron chi connectivity index (χ0n) is 12.1. The normalized spacial score (nSPS) is 12.7. The lowest BCUT2D eigenvalue weighted by Crippen LogP contribution is -1.99. The van der Waals surface area contributed by atoms with Gasteiger partial charge in [0, 0.05) is 11.3 Å². The maximum Gasteiger partial charge on any atom is 0.168 e. The number of rotatable bonds is 4. The highest BCUT2D eigenvalue weighted by molar-refractivity contribution is 5.62. The molecule has 2 rings (SSSR count). The minimum Gasteiger partial charge on any atom is -0.283 e. The van der Waals surface area contributed by atoms with Crippen LogP contribution < -0.4 is 0 Å². The third-order valence-corrected chi connectivity index (χ3v) is 2.96. The highest BCUT2D eigenvalue weighted by Crippen LogP contribution is 2.21. The molecule has 0 radical (unpaired) electrons. The predicted octanol–water partition coefficient (Wildman–Crippen LogP) is 4.25. The van der Waals surface area contributed by atoms with Crippen molar-refractivity contribution < 1.29 is 0 Å². The SMILES string of the molecule is C\C=C/C=C\C=C(/C)n1c(C)nnc1-c1ccccc1. The van der Waals surface area contributed by atoms with Gasteiger partial charge in [-0.05, 0) is 26.8 Å². The lowest BCUT2D eigenvalue weighted by atomic mass is 10.2. The molecular weight excluding hydrogens is 246 g/mol. The molecule has 20 heavy (non-hydrogen) atoms. The molecule has 0 aliphatic carbocycles. The topological polar surface area (TPSA) is 30.7 Å². The van der Waals surface area contributed by atoms with E-state index in [1.54, 1.807) is 0 Å². The van der Waals surface area contributed by atoms with E-state index in [4.69, 9.17) is 0 Å². The smallest absolute Gasteiger partial charge is 0.168 e. The summed E-state index contributed by atoms with van der Waals surface area (Å²) in [6, 6.07) is 10.1. The third-order valence-electron chi connectivity index (χ3n) is 2.96. The van der Waals surface area contributed by atoms with Crippen molar-refractivity contribution in [3.63, 3.8) is 0 Å². The molecule has 1 aromatic carbocycles. The van der Waals surface area contributed by atoms with E-state index in [1.165, 1.54) is 0 Å². The van der Waals surface area contributed by atoms with Gasteiger partial charge in [0.2, 0.25) is 0 Å². The van der Waals surface area contributed by atoms with Gasteiger partial charge in [-0.1, -0.05) is 54.6 Å². The Morgan fingerprint density at radius 2 is 1.80 bits per heavy atom. The standard InChI is InChI=1S/C17H19N3/c1-4-5-6-8-11-14(2)20-15(3)18-19-17(20)16-12-9-7-10-13-16/h4-13H,1-3H3/b5-4-,8-6-,14-11+.